The van der Waals surface area contributed by atoms with E-state index in [1.54, 1.807) is 0 Å². The van der Waals surface area contributed by atoms with E-state index in [1.165, 1.54) is 12.2 Å². The van der Waals surface area contributed by atoms with Gasteiger partial charge in [-0.15, -0.1) is 0 Å². The molecule has 1 atom stereocenters. The molecule has 1 N–H and O–H groups in total. The van der Waals surface area contributed by atoms with Crippen molar-refractivity contribution in [3.05, 3.63) is 23.8 Å². The third-order valence-corrected chi connectivity index (χ3v) is 3.74. The average molecular weight is 330 g/mol. The predicted molar refractivity (Wildman–Crippen MR) is 71.1 cm³/mol. The van der Waals surface area contributed by atoms with Crippen LogP contribution in [0.1, 0.15) is 40.0 Å². The normalized spacial score (nSPS) is 21.0. The molecule has 1 aliphatic carbocycles. The fraction of sp³-hybridized carbons (Fsp3) is 0.733. The van der Waals surface area contributed by atoms with Crippen LogP contribution in [0.2, 0.25) is 0 Å². The minimum absolute atomic E-state index is 0.0181. The van der Waals surface area contributed by atoms with Crippen LogP contribution < -0.4 is 0 Å². The maximum atomic E-state index is 12.8. The fourth-order valence-electron chi connectivity index (χ4n) is 2.26. The van der Waals surface area contributed by atoms with Crippen LogP contribution in [0.5, 0.6) is 0 Å². The summed E-state index contributed by atoms with van der Waals surface area (Å²) in [5.74, 6) is -2.06. The van der Waals surface area contributed by atoms with E-state index in [0.29, 0.717) is 12.0 Å². The predicted octanol–water partition coefficient (Wildman–Crippen LogP) is 5.17. The van der Waals surface area contributed by atoms with Crippen molar-refractivity contribution >= 4 is 0 Å². The van der Waals surface area contributed by atoms with Crippen LogP contribution in [0.15, 0.2) is 23.8 Å². The number of halogens is 6. The highest BCUT2D eigenvalue weighted by Crippen LogP contribution is 2.50. The molecule has 0 fully saturated rings. The largest absolute Gasteiger partial charge is 0.426 e. The van der Waals surface area contributed by atoms with Gasteiger partial charge in [0.2, 0.25) is 0 Å². The molecule has 1 unspecified atom stereocenters. The first-order valence-corrected chi connectivity index (χ1v) is 6.91. The zero-order valence-corrected chi connectivity index (χ0v) is 12.6. The van der Waals surface area contributed by atoms with Gasteiger partial charge >= 0.3 is 12.4 Å². The summed E-state index contributed by atoms with van der Waals surface area (Å²) in [6, 6.07) is 0. The van der Waals surface area contributed by atoms with Gasteiger partial charge in [-0.3, -0.25) is 0 Å². The molecule has 0 saturated carbocycles. The fourth-order valence-corrected chi connectivity index (χ4v) is 2.26. The van der Waals surface area contributed by atoms with Gasteiger partial charge < -0.3 is 5.11 Å². The van der Waals surface area contributed by atoms with Gasteiger partial charge in [-0.2, -0.15) is 26.3 Å². The van der Waals surface area contributed by atoms with E-state index in [4.69, 9.17) is 0 Å². The third kappa shape index (κ3) is 4.06. The number of alkyl halides is 6. The first-order chi connectivity index (χ1) is 9.68. The van der Waals surface area contributed by atoms with Crippen LogP contribution in [0, 0.1) is 11.3 Å². The van der Waals surface area contributed by atoms with Crippen molar-refractivity contribution in [1.29, 1.82) is 0 Å². The van der Waals surface area contributed by atoms with Crippen LogP contribution in [0.3, 0.4) is 0 Å². The van der Waals surface area contributed by atoms with Crippen molar-refractivity contribution in [1.82, 2.24) is 0 Å². The van der Waals surface area contributed by atoms with E-state index in [2.05, 4.69) is 0 Å². The van der Waals surface area contributed by atoms with Crippen molar-refractivity contribution < 1.29 is 31.4 Å². The number of hydrogen-bond donors (Lipinski definition) is 1. The molecule has 0 aromatic rings. The van der Waals surface area contributed by atoms with Crippen LogP contribution in [0.25, 0.3) is 0 Å². The summed E-state index contributed by atoms with van der Waals surface area (Å²) in [6.45, 7) is 5.98. The molecule has 22 heavy (non-hydrogen) atoms. The summed E-state index contributed by atoms with van der Waals surface area (Å²) in [5.41, 5.74) is -4.01. The molecule has 0 bridgehead atoms. The van der Waals surface area contributed by atoms with E-state index in [-0.39, 0.29) is 5.41 Å². The minimum Gasteiger partial charge on any atom is -0.373 e. The summed E-state index contributed by atoms with van der Waals surface area (Å²) >= 11 is 0. The molecular formula is C15H20F6O. The van der Waals surface area contributed by atoms with E-state index < -0.39 is 30.3 Å². The Morgan fingerprint density at radius 1 is 1.05 bits per heavy atom. The number of aliphatic hydroxyl groups is 1. The number of allylic oxidation sites excluding steroid dienone is 3. The van der Waals surface area contributed by atoms with Gasteiger partial charge in [0.05, 0.1) is 0 Å². The summed E-state index contributed by atoms with van der Waals surface area (Å²) in [5, 5.41) is 9.32. The SMILES string of the molecule is CC(C)(C)CCC1=CCC(C(O)(C(F)(F)F)C(F)(F)F)C=C1. The lowest BCUT2D eigenvalue weighted by atomic mass is 9.79. The van der Waals surface area contributed by atoms with Crippen LogP contribution in [-0.4, -0.2) is 23.1 Å². The third-order valence-electron chi connectivity index (χ3n) is 3.74. The molecule has 0 heterocycles. The lowest BCUT2D eigenvalue weighted by Crippen LogP contribution is -2.61. The van der Waals surface area contributed by atoms with Gasteiger partial charge in [0, 0.05) is 5.92 Å². The van der Waals surface area contributed by atoms with Crippen molar-refractivity contribution in [3.8, 4) is 0 Å². The molecule has 0 aliphatic heterocycles. The molecule has 0 amide bonds. The summed E-state index contributed by atoms with van der Waals surface area (Å²) in [6.07, 6.45) is -7.31. The Balaban J connectivity index is 2.90. The van der Waals surface area contributed by atoms with Crippen molar-refractivity contribution in [3.63, 3.8) is 0 Å². The highest BCUT2D eigenvalue weighted by atomic mass is 19.4. The molecular weight excluding hydrogens is 310 g/mol. The molecule has 0 saturated heterocycles. The van der Waals surface area contributed by atoms with Crippen LogP contribution >= 0.6 is 0 Å². The van der Waals surface area contributed by atoms with Crippen molar-refractivity contribution in [2.45, 2.75) is 58.0 Å². The molecule has 7 heteroatoms. The second kappa shape index (κ2) is 5.91. The smallest absolute Gasteiger partial charge is 0.373 e. The second-order valence-electron chi connectivity index (χ2n) is 6.80. The van der Waals surface area contributed by atoms with E-state index >= 15 is 0 Å². The van der Waals surface area contributed by atoms with Gasteiger partial charge in [0.1, 0.15) is 0 Å². The zero-order valence-electron chi connectivity index (χ0n) is 12.6. The number of hydrogen-bond acceptors (Lipinski definition) is 1. The molecule has 1 nitrogen and oxygen atoms in total. The van der Waals surface area contributed by atoms with Gasteiger partial charge in [-0.1, -0.05) is 44.6 Å². The Labute approximate surface area is 125 Å². The Morgan fingerprint density at radius 3 is 1.86 bits per heavy atom. The lowest BCUT2D eigenvalue weighted by molar-refractivity contribution is -0.380. The van der Waals surface area contributed by atoms with Crippen LogP contribution in [0.4, 0.5) is 26.3 Å². The van der Waals surface area contributed by atoms with E-state index in [9.17, 15) is 31.4 Å². The highest BCUT2D eigenvalue weighted by Gasteiger charge is 2.73. The molecule has 128 valence electrons. The molecule has 0 aromatic carbocycles. The van der Waals surface area contributed by atoms with Gasteiger partial charge in [-0.25, -0.2) is 0 Å². The summed E-state index contributed by atoms with van der Waals surface area (Å²) in [4.78, 5) is 0. The second-order valence-corrected chi connectivity index (χ2v) is 6.80. The molecule has 1 aliphatic rings. The first-order valence-electron chi connectivity index (χ1n) is 6.91. The molecule has 0 aromatic heterocycles. The number of rotatable bonds is 3. The Hall–Kier alpha value is -0.980. The highest BCUT2D eigenvalue weighted by molar-refractivity contribution is 5.26. The van der Waals surface area contributed by atoms with E-state index in [0.717, 1.165) is 12.5 Å². The minimum atomic E-state index is -5.78. The first kappa shape index (κ1) is 19.1. The van der Waals surface area contributed by atoms with Crippen molar-refractivity contribution in [2.24, 2.45) is 11.3 Å². The average Bonchev–Trinajstić information content (AvgIpc) is 2.32. The molecule has 0 radical (unpaired) electrons. The Bertz CT molecular complexity index is 436. The summed E-state index contributed by atoms with van der Waals surface area (Å²) < 4.78 is 76.6. The molecule has 1 rings (SSSR count). The van der Waals surface area contributed by atoms with Gasteiger partial charge in [-0.05, 0) is 24.7 Å². The van der Waals surface area contributed by atoms with Gasteiger partial charge in [0.15, 0.2) is 0 Å². The Kier molecular flexibility index (Phi) is 5.12. The summed E-state index contributed by atoms with van der Waals surface area (Å²) in [7, 11) is 0. The van der Waals surface area contributed by atoms with E-state index in [1.807, 2.05) is 20.8 Å². The Morgan fingerprint density at radius 2 is 1.55 bits per heavy atom. The maximum Gasteiger partial charge on any atom is 0.426 e. The molecule has 0 spiro atoms. The topological polar surface area (TPSA) is 20.2 Å². The quantitative estimate of drug-likeness (QED) is 0.708. The van der Waals surface area contributed by atoms with Gasteiger partial charge in [0.25, 0.3) is 5.60 Å². The van der Waals surface area contributed by atoms with Crippen molar-refractivity contribution in [2.75, 3.05) is 0 Å². The monoisotopic (exact) mass is 330 g/mol. The standard InChI is InChI=1S/C15H20F6O/c1-12(2,3)9-8-10-4-6-11(7-5-10)13(22,14(16,17)18)15(19,20)21/h4-6,11,22H,7-9H2,1-3H3. The van der Waals surface area contributed by atoms with Crippen LogP contribution in [-0.2, 0) is 0 Å². The lowest BCUT2D eigenvalue weighted by Gasteiger charge is -2.38. The zero-order chi connectivity index (χ0) is 17.4. The maximum absolute atomic E-state index is 12.8.